The molecule has 0 radical (unpaired) electrons. The maximum atomic E-state index is 12.5. The van der Waals surface area contributed by atoms with Gasteiger partial charge in [-0.3, -0.25) is 4.79 Å². The van der Waals surface area contributed by atoms with Crippen molar-refractivity contribution in [1.29, 1.82) is 0 Å². The molecule has 0 saturated carbocycles. The van der Waals surface area contributed by atoms with Gasteiger partial charge in [-0.15, -0.1) is 0 Å². The number of rotatable bonds is 6. The number of likely N-dealkylation sites (tertiary alicyclic amines) is 1. The van der Waals surface area contributed by atoms with E-state index < -0.39 is 15.6 Å². The van der Waals surface area contributed by atoms with Gasteiger partial charge in [0.25, 0.3) is 5.56 Å². The lowest BCUT2D eigenvalue weighted by atomic mass is 10.2. The Morgan fingerprint density at radius 2 is 1.68 bits per heavy atom. The van der Waals surface area contributed by atoms with Crippen molar-refractivity contribution >= 4 is 33.2 Å². The second-order valence-corrected chi connectivity index (χ2v) is 9.22. The van der Waals surface area contributed by atoms with E-state index in [9.17, 15) is 13.2 Å². The summed E-state index contributed by atoms with van der Waals surface area (Å²) in [5, 5.41) is 3.86. The molecule has 152 valence electrons. The lowest BCUT2D eigenvalue weighted by Gasteiger charge is -2.19. The number of nitrogens with zero attached hydrogens (tertiary/aromatic N) is 3. The lowest BCUT2D eigenvalue weighted by Crippen LogP contribution is -2.35. The van der Waals surface area contributed by atoms with Crippen LogP contribution in [0, 0.1) is 0 Å². The summed E-state index contributed by atoms with van der Waals surface area (Å²) in [6.45, 7) is 3.08. The minimum absolute atomic E-state index is 0.0655. The van der Waals surface area contributed by atoms with Crippen molar-refractivity contribution in [1.82, 2.24) is 19.4 Å². The molecule has 1 fully saturated rings. The molecule has 1 aromatic carbocycles. The van der Waals surface area contributed by atoms with Gasteiger partial charge in [-0.25, -0.2) is 13.1 Å². The summed E-state index contributed by atoms with van der Waals surface area (Å²) in [5.41, 5.74) is -0.174. The van der Waals surface area contributed by atoms with Crippen LogP contribution in [0.1, 0.15) is 25.7 Å². The molecule has 1 aliphatic heterocycles. The van der Waals surface area contributed by atoms with E-state index in [1.165, 1.54) is 43.3 Å². The molecule has 2 aromatic rings. The van der Waals surface area contributed by atoms with E-state index >= 15 is 0 Å². The Bertz CT molecular complexity index is 969. The third-order valence-electron chi connectivity index (χ3n) is 4.69. The molecule has 1 aliphatic rings. The standard InChI is InChI=1S/C18H22Cl2N4O3S/c19-16-13-21-24(18(25)17(16)20)14-5-7-15(8-6-14)28(26,27)22-9-12-23-10-3-1-2-4-11-23/h5-8,13,22H,1-4,9-12H2. The van der Waals surface area contributed by atoms with Gasteiger partial charge in [0.2, 0.25) is 10.0 Å². The average Bonchev–Trinajstić information content (AvgIpc) is 2.95. The topological polar surface area (TPSA) is 84.3 Å². The van der Waals surface area contributed by atoms with Crippen LogP contribution in [-0.2, 0) is 10.0 Å². The molecule has 0 atom stereocenters. The SMILES string of the molecule is O=c1c(Cl)c(Cl)cnn1-c1ccc(S(=O)(=O)NCCN2CCCCCC2)cc1. The molecule has 0 aliphatic carbocycles. The molecule has 0 amide bonds. The van der Waals surface area contributed by atoms with Crippen molar-refractivity contribution in [3.05, 3.63) is 50.9 Å². The fourth-order valence-electron chi connectivity index (χ4n) is 3.14. The molecule has 0 spiro atoms. The Morgan fingerprint density at radius 1 is 1.04 bits per heavy atom. The molecule has 0 bridgehead atoms. The van der Waals surface area contributed by atoms with Crippen LogP contribution in [0.2, 0.25) is 10.0 Å². The quantitative estimate of drug-likeness (QED) is 0.739. The zero-order valence-electron chi connectivity index (χ0n) is 15.3. The molecule has 7 nitrogen and oxygen atoms in total. The lowest BCUT2D eigenvalue weighted by molar-refractivity contribution is 0.290. The van der Waals surface area contributed by atoms with Gasteiger partial charge in [-0.2, -0.15) is 9.78 Å². The van der Waals surface area contributed by atoms with Gasteiger partial charge >= 0.3 is 0 Å². The van der Waals surface area contributed by atoms with Crippen LogP contribution in [-0.4, -0.2) is 49.3 Å². The number of hydrogen-bond donors (Lipinski definition) is 1. The summed E-state index contributed by atoms with van der Waals surface area (Å²) in [6.07, 6.45) is 6.07. The first-order chi connectivity index (χ1) is 13.4. The van der Waals surface area contributed by atoms with Gasteiger partial charge in [0.05, 0.1) is 21.8 Å². The van der Waals surface area contributed by atoms with E-state index in [0.717, 1.165) is 30.6 Å². The third-order valence-corrected chi connectivity index (χ3v) is 6.91. The number of benzene rings is 1. The van der Waals surface area contributed by atoms with Gasteiger partial charge in [0.15, 0.2) is 0 Å². The van der Waals surface area contributed by atoms with Gasteiger partial charge in [0.1, 0.15) is 5.02 Å². The van der Waals surface area contributed by atoms with Crippen LogP contribution >= 0.6 is 23.2 Å². The Labute approximate surface area is 174 Å². The molecule has 2 heterocycles. The highest BCUT2D eigenvalue weighted by molar-refractivity contribution is 7.89. The minimum atomic E-state index is -3.63. The third kappa shape index (κ3) is 5.12. The predicted octanol–water partition coefficient (Wildman–Crippen LogP) is 2.69. The second kappa shape index (κ2) is 9.37. The van der Waals surface area contributed by atoms with Gasteiger partial charge < -0.3 is 4.90 Å². The number of hydrogen-bond acceptors (Lipinski definition) is 5. The Morgan fingerprint density at radius 3 is 2.32 bits per heavy atom. The van der Waals surface area contributed by atoms with Crippen molar-refractivity contribution in [3.8, 4) is 5.69 Å². The largest absolute Gasteiger partial charge is 0.302 e. The average molecular weight is 445 g/mol. The van der Waals surface area contributed by atoms with Crippen LogP contribution in [0.4, 0.5) is 0 Å². The maximum Gasteiger partial charge on any atom is 0.291 e. The smallest absolute Gasteiger partial charge is 0.291 e. The van der Waals surface area contributed by atoms with Crippen LogP contribution in [0.5, 0.6) is 0 Å². The summed E-state index contributed by atoms with van der Waals surface area (Å²) < 4.78 is 28.7. The molecule has 1 aromatic heterocycles. The highest BCUT2D eigenvalue weighted by Crippen LogP contribution is 2.17. The molecule has 1 saturated heterocycles. The van der Waals surface area contributed by atoms with Crippen LogP contribution < -0.4 is 10.3 Å². The van der Waals surface area contributed by atoms with Gasteiger partial charge in [-0.05, 0) is 50.2 Å². The molecule has 3 rings (SSSR count). The zero-order valence-corrected chi connectivity index (χ0v) is 17.6. The van der Waals surface area contributed by atoms with E-state index in [2.05, 4.69) is 14.7 Å². The first-order valence-corrected chi connectivity index (χ1v) is 11.4. The van der Waals surface area contributed by atoms with Crippen LogP contribution in [0.3, 0.4) is 0 Å². The maximum absolute atomic E-state index is 12.5. The number of halogens is 2. The van der Waals surface area contributed by atoms with Crippen molar-refractivity contribution in [3.63, 3.8) is 0 Å². The van der Waals surface area contributed by atoms with E-state index in [0.29, 0.717) is 18.8 Å². The number of aromatic nitrogens is 2. The summed E-state index contributed by atoms with van der Waals surface area (Å²) in [6, 6.07) is 5.87. The summed E-state index contributed by atoms with van der Waals surface area (Å²) in [7, 11) is -3.63. The van der Waals surface area contributed by atoms with E-state index in [4.69, 9.17) is 23.2 Å². The minimum Gasteiger partial charge on any atom is -0.302 e. The van der Waals surface area contributed by atoms with Crippen molar-refractivity contribution in [2.45, 2.75) is 30.6 Å². The highest BCUT2D eigenvalue weighted by Gasteiger charge is 2.16. The summed E-state index contributed by atoms with van der Waals surface area (Å²) >= 11 is 11.6. The Kier molecular flexibility index (Phi) is 7.11. The number of sulfonamides is 1. The molecule has 28 heavy (non-hydrogen) atoms. The molecular weight excluding hydrogens is 423 g/mol. The monoisotopic (exact) mass is 444 g/mol. The Balaban J connectivity index is 1.66. The van der Waals surface area contributed by atoms with Crippen molar-refractivity contribution in [2.75, 3.05) is 26.2 Å². The molecular formula is C18H22Cl2N4O3S. The summed E-state index contributed by atoms with van der Waals surface area (Å²) in [4.78, 5) is 14.6. The fourth-order valence-corrected chi connectivity index (χ4v) is 4.42. The second-order valence-electron chi connectivity index (χ2n) is 6.67. The normalized spacial score (nSPS) is 16.1. The van der Waals surface area contributed by atoms with Crippen molar-refractivity contribution < 1.29 is 8.42 Å². The molecule has 1 N–H and O–H groups in total. The summed E-state index contributed by atoms with van der Waals surface area (Å²) in [5.74, 6) is 0. The van der Waals surface area contributed by atoms with E-state index in [1.54, 1.807) is 0 Å². The van der Waals surface area contributed by atoms with Gasteiger partial charge in [-0.1, -0.05) is 36.0 Å². The fraction of sp³-hybridized carbons (Fsp3) is 0.444. The zero-order chi connectivity index (χ0) is 20.1. The van der Waals surface area contributed by atoms with Crippen molar-refractivity contribution in [2.24, 2.45) is 0 Å². The number of nitrogens with one attached hydrogen (secondary N) is 1. The van der Waals surface area contributed by atoms with E-state index in [1.807, 2.05) is 0 Å². The van der Waals surface area contributed by atoms with Crippen LogP contribution in [0.15, 0.2) is 40.2 Å². The highest BCUT2D eigenvalue weighted by atomic mass is 35.5. The predicted molar refractivity (Wildman–Crippen MR) is 110 cm³/mol. The first-order valence-electron chi connectivity index (χ1n) is 9.14. The van der Waals surface area contributed by atoms with Crippen LogP contribution in [0.25, 0.3) is 5.69 Å². The Hall–Kier alpha value is -1.45. The van der Waals surface area contributed by atoms with Gasteiger partial charge in [0, 0.05) is 13.1 Å². The van der Waals surface area contributed by atoms with E-state index in [-0.39, 0.29) is 14.9 Å². The molecule has 0 unspecified atom stereocenters. The molecule has 10 heteroatoms. The first kappa shape index (κ1) is 21.3.